The maximum Gasteiger partial charge on any atom is 0.200 e. The molecule has 0 aromatic carbocycles. The summed E-state index contributed by atoms with van der Waals surface area (Å²) < 4.78 is 9.51. The van der Waals surface area contributed by atoms with Crippen molar-refractivity contribution in [1.29, 1.82) is 0 Å². The van der Waals surface area contributed by atoms with Gasteiger partial charge in [-0.15, -0.1) is 0 Å². The quantitative estimate of drug-likeness (QED) is 0.518. The molecule has 0 aliphatic heterocycles. The van der Waals surface area contributed by atoms with E-state index in [9.17, 15) is 0 Å². The van der Waals surface area contributed by atoms with E-state index < -0.39 is 0 Å². The fourth-order valence-electron chi connectivity index (χ4n) is 0.253. The van der Waals surface area contributed by atoms with Crippen molar-refractivity contribution in [2.75, 3.05) is 0 Å². The predicted molar refractivity (Wildman–Crippen MR) is 28.1 cm³/mol. The number of rotatable bonds is 0. The lowest BCUT2D eigenvalue weighted by molar-refractivity contribution is 0.609. The largest absolute Gasteiger partial charge is 0.430 e. The summed E-state index contributed by atoms with van der Waals surface area (Å²) in [6, 6.07) is 3.56. The maximum atomic E-state index is 4.76. The average Bonchev–Trinajstić information content (AvgIpc) is 1.90. The minimum atomic E-state index is 0.121. The minimum absolute atomic E-state index is 0.121. The van der Waals surface area contributed by atoms with Crippen LogP contribution in [-0.4, -0.2) is 0 Å². The van der Waals surface area contributed by atoms with E-state index in [2.05, 4.69) is 0 Å². The molecule has 1 aromatic heterocycles. The molecule has 0 radical (unpaired) electrons. The van der Waals surface area contributed by atoms with Crippen molar-refractivity contribution in [3.8, 4) is 0 Å². The van der Waals surface area contributed by atoms with E-state index in [0.717, 1.165) is 0 Å². The zero-order valence-corrected chi connectivity index (χ0v) is 4.63. The van der Waals surface area contributed by atoms with Gasteiger partial charge in [-0.25, -0.2) is 0 Å². The van der Waals surface area contributed by atoms with Gasteiger partial charge in [-0.3, -0.25) is 0 Å². The van der Waals surface area contributed by atoms with Crippen LogP contribution < -0.4 is 0 Å². The van der Waals surface area contributed by atoms with Gasteiger partial charge < -0.3 is 8.39 Å². The van der Waals surface area contributed by atoms with Crippen molar-refractivity contribution in [2.45, 2.75) is 0 Å². The van der Waals surface area contributed by atoms with Crippen LogP contribution in [0.25, 0.3) is 0 Å². The fraction of sp³-hybridized carbons (Fsp3) is 0. The summed E-state index contributed by atoms with van der Waals surface area (Å²) in [6.45, 7) is 0. The molecule has 1 heterocycles. The zero-order valence-electron chi connectivity index (χ0n) is 3.63. The van der Waals surface area contributed by atoms with E-state index in [1.807, 2.05) is 0 Å². The van der Waals surface area contributed by atoms with Gasteiger partial charge >= 0.3 is 0 Å². The zero-order chi connectivity index (χ0) is 4.95. The van der Waals surface area contributed by atoms with Crippen LogP contribution in [0.5, 0.6) is 0 Å². The molecule has 38 valence electrons. The molecule has 0 fully saturated rings. The Bertz CT molecular complexity index is 97.7. The van der Waals surface area contributed by atoms with Gasteiger partial charge in [0.15, 0.2) is 8.67 Å². The Labute approximate surface area is 42.7 Å². The van der Waals surface area contributed by atoms with Gasteiger partial charge in [-0.1, -0.05) is 0 Å². The lowest BCUT2D eigenvalue weighted by Crippen LogP contribution is -1.31. The number of hydrogen-bond acceptors (Lipinski definition) is 2. The molecule has 0 aliphatic rings. The van der Waals surface area contributed by atoms with Crippen LogP contribution >= 0.6 is 8.67 Å². The molecular formula is C4H5O2P. The molecule has 0 atom stereocenters. The molecule has 0 spiro atoms. The van der Waals surface area contributed by atoms with Crippen LogP contribution in [0.1, 0.15) is 0 Å². The lowest BCUT2D eigenvalue weighted by atomic mass is 10.7. The molecule has 3 heteroatoms. The van der Waals surface area contributed by atoms with E-state index in [1.165, 1.54) is 0 Å². The van der Waals surface area contributed by atoms with Gasteiger partial charge in [-0.05, 0) is 12.1 Å². The maximum absolute atomic E-state index is 4.76. The van der Waals surface area contributed by atoms with Crippen molar-refractivity contribution in [2.24, 2.45) is 0 Å². The molecule has 0 saturated carbocycles. The first-order valence-corrected chi connectivity index (χ1v) is 2.70. The van der Waals surface area contributed by atoms with Gasteiger partial charge in [0.05, 0.1) is 12.5 Å². The third kappa shape index (κ3) is 1.51. The van der Waals surface area contributed by atoms with Gasteiger partial charge in [0, 0.05) is 0 Å². The third-order valence-electron chi connectivity index (χ3n) is 0.501. The van der Waals surface area contributed by atoms with Crippen molar-refractivity contribution in [3.05, 3.63) is 24.7 Å². The molecule has 0 saturated heterocycles. The second-order valence-corrected chi connectivity index (χ2v) is 1.61. The van der Waals surface area contributed by atoms with Crippen LogP contribution in [0.3, 0.4) is 0 Å². The van der Waals surface area contributed by atoms with Crippen molar-refractivity contribution >= 4 is 8.67 Å². The molecule has 1 aromatic rings. The number of hydrogen-bond donors (Lipinski definition) is 0. The van der Waals surface area contributed by atoms with E-state index in [-0.39, 0.29) is 8.67 Å². The summed E-state index contributed by atoms with van der Waals surface area (Å²) >= 11 is 0. The molecule has 0 aliphatic carbocycles. The van der Waals surface area contributed by atoms with Gasteiger partial charge in [0.25, 0.3) is 0 Å². The van der Waals surface area contributed by atoms with Crippen molar-refractivity contribution in [1.82, 2.24) is 0 Å². The SMILES string of the molecule is c1cco[pH]oc1. The Hall–Kier alpha value is -0.620. The Morgan fingerprint density at radius 1 is 1.00 bits per heavy atom. The van der Waals surface area contributed by atoms with E-state index in [0.29, 0.717) is 0 Å². The Kier molecular flexibility index (Phi) is 1.64. The van der Waals surface area contributed by atoms with Crippen LogP contribution in [0.15, 0.2) is 33.1 Å². The smallest absolute Gasteiger partial charge is 0.200 e. The molecule has 2 nitrogen and oxygen atoms in total. The first kappa shape index (κ1) is 4.54. The van der Waals surface area contributed by atoms with Crippen LogP contribution in [0.2, 0.25) is 0 Å². The first-order chi connectivity index (χ1) is 3.50. The molecular weight excluding hydrogens is 111 g/mol. The topological polar surface area (TPSA) is 26.3 Å². The van der Waals surface area contributed by atoms with E-state index in [1.54, 1.807) is 24.7 Å². The van der Waals surface area contributed by atoms with Crippen LogP contribution in [0, 0.1) is 0 Å². The molecule has 7 heavy (non-hydrogen) atoms. The highest BCUT2D eigenvalue weighted by atomic mass is 31.1. The Morgan fingerprint density at radius 3 is 2.14 bits per heavy atom. The highest BCUT2D eigenvalue weighted by Crippen LogP contribution is 1.96. The first-order valence-electron chi connectivity index (χ1n) is 1.88. The van der Waals surface area contributed by atoms with Crippen molar-refractivity contribution in [3.63, 3.8) is 0 Å². The summed E-state index contributed by atoms with van der Waals surface area (Å²) in [5.74, 6) is 0. The summed E-state index contributed by atoms with van der Waals surface area (Å²) in [6.07, 6.45) is 3.20. The highest BCUT2D eigenvalue weighted by Gasteiger charge is 1.59. The predicted octanol–water partition coefficient (Wildman–Crippen LogP) is 2.03. The monoisotopic (exact) mass is 116 g/mol. The summed E-state index contributed by atoms with van der Waals surface area (Å²) in [7, 11) is 0.121. The molecule has 0 unspecified atom stereocenters. The lowest BCUT2D eigenvalue weighted by Gasteiger charge is -1.62. The van der Waals surface area contributed by atoms with Crippen LogP contribution in [-0.2, 0) is 0 Å². The molecule has 0 bridgehead atoms. The van der Waals surface area contributed by atoms with E-state index >= 15 is 0 Å². The fourth-order valence-corrected chi connectivity index (χ4v) is 0.576. The minimum Gasteiger partial charge on any atom is -0.430 e. The van der Waals surface area contributed by atoms with Crippen molar-refractivity contribution < 1.29 is 8.39 Å². The second-order valence-electron chi connectivity index (χ2n) is 0.976. The Morgan fingerprint density at radius 2 is 1.57 bits per heavy atom. The summed E-state index contributed by atoms with van der Waals surface area (Å²) in [5, 5.41) is 0. The summed E-state index contributed by atoms with van der Waals surface area (Å²) in [4.78, 5) is 0. The standard InChI is InChI=1S/C4H5O2P/c1-2-4-6-7-5-3-1/h1-4,7H. The molecule has 1 rings (SSSR count). The third-order valence-corrected chi connectivity index (χ3v) is 0.965. The molecule has 0 N–H and O–H groups in total. The van der Waals surface area contributed by atoms with Gasteiger partial charge in [0.2, 0.25) is 0 Å². The highest BCUT2D eigenvalue weighted by molar-refractivity contribution is 7.15. The van der Waals surface area contributed by atoms with E-state index in [4.69, 9.17) is 8.39 Å². The van der Waals surface area contributed by atoms with Gasteiger partial charge in [0.1, 0.15) is 0 Å². The second kappa shape index (κ2) is 2.54. The molecule has 0 amide bonds. The summed E-state index contributed by atoms with van der Waals surface area (Å²) in [5.41, 5.74) is 0. The van der Waals surface area contributed by atoms with Gasteiger partial charge in [-0.2, -0.15) is 0 Å². The average molecular weight is 116 g/mol. The Balaban J connectivity index is 3.06. The normalized spacial score (nSPS) is 8.00. The van der Waals surface area contributed by atoms with Crippen LogP contribution in [0.4, 0.5) is 0 Å².